The van der Waals surface area contributed by atoms with Crippen LogP contribution in [0.2, 0.25) is 0 Å². The van der Waals surface area contributed by atoms with Crippen LogP contribution in [0.15, 0.2) is 65.7 Å². The molecule has 1 aromatic heterocycles. The number of ether oxygens (including phenoxy) is 1. The van der Waals surface area contributed by atoms with Gasteiger partial charge in [-0.1, -0.05) is 24.3 Å². The maximum absolute atomic E-state index is 13.0. The number of aromatic nitrogens is 1. The lowest BCUT2D eigenvalue weighted by atomic mass is 10.1. The van der Waals surface area contributed by atoms with Crippen LogP contribution < -0.4 is 0 Å². The zero-order chi connectivity index (χ0) is 18.9. The summed E-state index contributed by atoms with van der Waals surface area (Å²) in [4.78, 5) is 11.7. The van der Waals surface area contributed by atoms with E-state index in [0.717, 1.165) is 20.1 Å². The van der Waals surface area contributed by atoms with Gasteiger partial charge in [-0.15, -0.1) is 0 Å². The van der Waals surface area contributed by atoms with E-state index in [0.29, 0.717) is 5.52 Å². The van der Waals surface area contributed by atoms with Crippen LogP contribution in [0.1, 0.15) is 12.5 Å². The van der Waals surface area contributed by atoms with Gasteiger partial charge in [-0.05, 0) is 64.9 Å². The molecule has 1 heterocycles. The number of nitrogens with zero attached hydrogens (tertiary/aromatic N) is 1. The highest BCUT2D eigenvalue weighted by molar-refractivity contribution is 14.1. The number of methoxy groups -OCH3 is 1. The monoisotopic (exact) mass is 481 g/mol. The van der Waals surface area contributed by atoms with E-state index in [4.69, 9.17) is 0 Å². The molecule has 0 spiro atoms. The molecular weight excluding hydrogens is 465 g/mol. The molecule has 0 aliphatic heterocycles. The molecule has 0 aliphatic carbocycles. The van der Waals surface area contributed by atoms with Crippen LogP contribution in [-0.2, 0) is 19.6 Å². The third-order valence-corrected chi connectivity index (χ3v) is 6.56. The topological polar surface area (TPSA) is 65.4 Å². The molecule has 0 amide bonds. The van der Waals surface area contributed by atoms with E-state index in [-0.39, 0.29) is 4.90 Å². The Morgan fingerprint density at radius 1 is 1.15 bits per heavy atom. The minimum atomic E-state index is -3.68. The molecule has 0 bridgehead atoms. The third kappa shape index (κ3) is 3.41. The average Bonchev–Trinajstić information content (AvgIpc) is 2.99. The molecule has 5 nitrogen and oxygen atoms in total. The van der Waals surface area contributed by atoms with Gasteiger partial charge in [0.05, 0.1) is 17.5 Å². The van der Waals surface area contributed by atoms with Gasteiger partial charge in [-0.2, -0.15) is 0 Å². The third-order valence-electron chi connectivity index (χ3n) is 4.01. The molecule has 0 fully saturated rings. The largest absolute Gasteiger partial charge is 0.466 e. The minimum absolute atomic E-state index is 0.235. The van der Waals surface area contributed by atoms with Gasteiger partial charge >= 0.3 is 5.97 Å². The van der Waals surface area contributed by atoms with Crippen LogP contribution in [-0.4, -0.2) is 25.5 Å². The van der Waals surface area contributed by atoms with E-state index in [1.165, 1.54) is 17.2 Å². The fraction of sp³-hybridized carbons (Fsp3) is 0.105. The van der Waals surface area contributed by atoms with Crippen LogP contribution in [0, 0.1) is 3.57 Å². The molecule has 0 unspecified atom stereocenters. The number of halogens is 1. The second kappa shape index (κ2) is 7.24. The summed E-state index contributed by atoms with van der Waals surface area (Å²) in [5, 5.41) is 0.806. The van der Waals surface area contributed by atoms with E-state index >= 15 is 0 Å². The first kappa shape index (κ1) is 18.7. The lowest BCUT2D eigenvalue weighted by molar-refractivity contribution is -0.134. The van der Waals surface area contributed by atoms with Crippen molar-refractivity contribution in [1.29, 1.82) is 0 Å². The summed E-state index contributed by atoms with van der Waals surface area (Å²) in [6.07, 6.45) is 3.02. The van der Waals surface area contributed by atoms with E-state index in [1.54, 1.807) is 48.7 Å². The Bertz CT molecular complexity index is 1120. The molecule has 2 aromatic carbocycles. The molecule has 3 aromatic rings. The normalized spacial score (nSPS) is 12.3. The highest BCUT2D eigenvalue weighted by Crippen LogP contribution is 2.29. The second-order valence-electron chi connectivity index (χ2n) is 5.67. The van der Waals surface area contributed by atoms with Crippen LogP contribution >= 0.6 is 22.6 Å². The minimum Gasteiger partial charge on any atom is -0.466 e. The number of rotatable bonds is 4. The first-order valence-electron chi connectivity index (χ1n) is 7.72. The van der Waals surface area contributed by atoms with Gasteiger partial charge in [-0.25, -0.2) is 17.2 Å². The van der Waals surface area contributed by atoms with E-state index in [9.17, 15) is 13.2 Å². The molecule has 134 valence electrons. The predicted octanol–water partition coefficient (Wildman–Crippen LogP) is 4.06. The van der Waals surface area contributed by atoms with Crippen molar-refractivity contribution in [2.24, 2.45) is 0 Å². The van der Waals surface area contributed by atoms with Gasteiger partial charge in [0.2, 0.25) is 0 Å². The molecule has 26 heavy (non-hydrogen) atoms. The maximum atomic E-state index is 13.0. The lowest BCUT2D eigenvalue weighted by Gasteiger charge is -2.08. The number of fused-ring (bicyclic) bond motifs is 1. The van der Waals surface area contributed by atoms with Gasteiger partial charge in [-0.3, -0.25) is 0 Å². The number of hydrogen-bond donors (Lipinski definition) is 0. The van der Waals surface area contributed by atoms with E-state index < -0.39 is 16.0 Å². The lowest BCUT2D eigenvalue weighted by Crippen LogP contribution is -2.11. The average molecular weight is 481 g/mol. The summed E-state index contributed by atoms with van der Waals surface area (Å²) in [6, 6.07) is 13.7. The summed E-state index contributed by atoms with van der Waals surface area (Å²) in [5.41, 5.74) is 2.16. The van der Waals surface area contributed by atoms with Crippen LogP contribution in [0.25, 0.3) is 16.5 Å². The zero-order valence-corrected chi connectivity index (χ0v) is 17.1. The number of hydrogen-bond acceptors (Lipinski definition) is 4. The number of benzene rings is 2. The van der Waals surface area contributed by atoms with Crippen LogP contribution in [0.5, 0.6) is 0 Å². The van der Waals surface area contributed by atoms with Crippen molar-refractivity contribution >= 4 is 55.1 Å². The number of carbonyl (C=O) groups is 1. The fourth-order valence-electron chi connectivity index (χ4n) is 2.63. The van der Waals surface area contributed by atoms with Crippen molar-refractivity contribution in [3.05, 3.63) is 69.9 Å². The Balaban J connectivity index is 2.14. The zero-order valence-electron chi connectivity index (χ0n) is 14.1. The molecule has 0 N–H and O–H groups in total. The molecular formula is C19H16INO4S. The number of allylic oxidation sites excluding steroid dienone is 1. The first-order chi connectivity index (χ1) is 12.3. The number of carbonyl (C=O) groups excluding carboxylic acids is 1. The van der Waals surface area contributed by atoms with Gasteiger partial charge in [0.25, 0.3) is 10.0 Å². The Hall–Kier alpha value is -2.13. The molecule has 0 atom stereocenters. The highest BCUT2D eigenvalue weighted by atomic mass is 127. The molecule has 0 saturated carbocycles. The highest BCUT2D eigenvalue weighted by Gasteiger charge is 2.20. The summed E-state index contributed by atoms with van der Waals surface area (Å²) >= 11 is 2.11. The molecule has 0 aliphatic rings. The molecule has 7 heteroatoms. The van der Waals surface area contributed by atoms with Crippen LogP contribution in [0.3, 0.4) is 0 Å². The fourth-order valence-corrected chi connectivity index (χ4v) is 4.92. The molecule has 3 rings (SSSR count). The molecule has 0 saturated heterocycles. The van der Waals surface area contributed by atoms with Crippen molar-refractivity contribution in [2.75, 3.05) is 7.11 Å². The maximum Gasteiger partial charge on any atom is 0.330 e. The Kier molecular flexibility index (Phi) is 5.19. The Morgan fingerprint density at radius 2 is 1.85 bits per heavy atom. The van der Waals surface area contributed by atoms with Crippen molar-refractivity contribution in [1.82, 2.24) is 3.97 Å². The van der Waals surface area contributed by atoms with Crippen molar-refractivity contribution < 1.29 is 17.9 Å². The standard InChI is InChI=1S/C19H16INO4S/c1-13(10-19(22)25-2)14-8-9-18-16(11-14)17(20)12-21(18)26(23,24)15-6-4-3-5-7-15/h3-12H,1-2H3/b13-10+. The second-order valence-corrected chi connectivity index (χ2v) is 8.65. The van der Waals surface area contributed by atoms with E-state index in [2.05, 4.69) is 27.3 Å². The molecule has 0 radical (unpaired) electrons. The summed E-state index contributed by atoms with van der Waals surface area (Å²) in [7, 11) is -2.35. The Morgan fingerprint density at radius 3 is 2.50 bits per heavy atom. The van der Waals surface area contributed by atoms with E-state index in [1.807, 2.05) is 13.0 Å². The predicted molar refractivity (Wildman–Crippen MR) is 109 cm³/mol. The Labute approximate surface area is 165 Å². The summed E-state index contributed by atoms with van der Waals surface area (Å²) < 4.78 is 32.7. The smallest absolute Gasteiger partial charge is 0.330 e. The number of esters is 1. The summed E-state index contributed by atoms with van der Waals surface area (Å²) in [6.45, 7) is 1.81. The first-order valence-corrected chi connectivity index (χ1v) is 10.2. The van der Waals surface area contributed by atoms with Crippen LogP contribution in [0.4, 0.5) is 0 Å². The van der Waals surface area contributed by atoms with Gasteiger partial charge in [0.15, 0.2) is 0 Å². The van der Waals surface area contributed by atoms with Crippen molar-refractivity contribution in [3.8, 4) is 0 Å². The van der Waals surface area contributed by atoms with Crippen molar-refractivity contribution in [2.45, 2.75) is 11.8 Å². The quantitative estimate of drug-likeness (QED) is 0.321. The van der Waals surface area contributed by atoms with Gasteiger partial charge in [0.1, 0.15) is 0 Å². The van der Waals surface area contributed by atoms with Crippen molar-refractivity contribution in [3.63, 3.8) is 0 Å². The SMILES string of the molecule is COC(=O)/C=C(\C)c1ccc2c(c1)c(I)cn2S(=O)(=O)c1ccccc1. The summed E-state index contributed by atoms with van der Waals surface area (Å²) in [5.74, 6) is -0.429. The van der Waals surface area contributed by atoms with Gasteiger partial charge in [0, 0.05) is 21.2 Å². The van der Waals surface area contributed by atoms with Gasteiger partial charge < -0.3 is 4.74 Å².